The highest BCUT2D eigenvalue weighted by molar-refractivity contribution is 5.91. The van der Waals surface area contributed by atoms with Gasteiger partial charge < -0.3 is 5.32 Å². The van der Waals surface area contributed by atoms with E-state index < -0.39 is 0 Å². The van der Waals surface area contributed by atoms with Gasteiger partial charge in [-0.25, -0.2) is 9.97 Å². The van der Waals surface area contributed by atoms with Crippen molar-refractivity contribution >= 4 is 5.91 Å². The molecule has 1 amide bonds. The summed E-state index contributed by atoms with van der Waals surface area (Å²) in [5, 5.41) is 2.87. The van der Waals surface area contributed by atoms with E-state index in [1.807, 2.05) is 0 Å². The number of amides is 1. The average Bonchev–Trinajstić information content (AvgIpc) is 2.98. The summed E-state index contributed by atoms with van der Waals surface area (Å²) in [5.74, 6) is -0.110. The molecule has 2 rings (SSSR count). The van der Waals surface area contributed by atoms with Crippen LogP contribution in [0.1, 0.15) is 36.7 Å². The molecule has 1 fully saturated rings. The van der Waals surface area contributed by atoms with Crippen LogP contribution in [0.15, 0.2) is 18.6 Å². The number of hydrogen-bond acceptors (Lipinski definition) is 3. The molecule has 1 N–H and O–H groups in total. The molecule has 0 aliphatic heterocycles. The molecule has 0 spiro atoms. The summed E-state index contributed by atoms with van der Waals surface area (Å²) in [4.78, 5) is 19.2. The smallest absolute Gasteiger partial charge is 0.270 e. The van der Waals surface area contributed by atoms with Gasteiger partial charge in [-0.2, -0.15) is 0 Å². The molecule has 0 saturated heterocycles. The molecular formula is C11H15N3O. The Labute approximate surface area is 89.1 Å². The van der Waals surface area contributed by atoms with E-state index in [1.54, 1.807) is 12.3 Å². The van der Waals surface area contributed by atoms with Crippen molar-refractivity contribution in [2.75, 3.05) is 6.54 Å². The van der Waals surface area contributed by atoms with Crippen LogP contribution in [0, 0.1) is 5.41 Å². The fourth-order valence-electron chi connectivity index (χ4n) is 1.46. The Hall–Kier alpha value is -1.45. The molecular weight excluding hydrogens is 190 g/mol. The Morgan fingerprint density at radius 2 is 2.40 bits per heavy atom. The molecule has 0 unspecified atom stereocenters. The van der Waals surface area contributed by atoms with Gasteiger partial charge in [0.05, 0.1) is 0 Å². The maximum absolute atomic E-state index is 11.5. The van der Waals surface area contributed by atoms with Gasteiger partial charge in [0, 0.05) is 12.7 Å². The van der Waals surface area contributed by atoms with Crippen molar-refractivity contribution in [3.8, 4) is 0 Å². The Morgan fingerprint density at radius 1 is 1.60 bits per heavy atom. The highest BCUT2D eigenvalue weighted by Gasteiger charge is 2.36. The minimum Gasteiger partial charge on any atom is -0.351 e. The third-order valence-corrected chi connectivity index (χ3v) is 2.93. The molecule has 0 atom stereocenters. The quantitative estimate of drug-likeness (QED) is 0.808. The lowest BCUT2D eigenvalue weighted by Crippen LogP contribution is -2.26. The average molecular weight is 205 g/mol. The third kappa shape index (κ3) is 2.75. The van der Waals surface area contributed by atoms with Crippen LogP contribution in [0.25, 0.3) is 0 Å². The predicted octanol–water partition coefficient (Wildman–Crippen LogP) is 1.40. The van der Waals surface area contributed by atoms with Crippen LogP contribution in [0.3, 0.4) is 0 Å². The standard InChI is InChI=1S/C11H15N3O/c1-11(3-4-11)5-7-13-10(15)9-2-6-12-8-14-9/h2,6,8H,3-5,7H2,1H3,(H,13,15). The van der Waals surface area contributed by atoms with Gasteiger partial charge in [-0.15, -0.1) is 0 Å². The monoisotopic (exact) mass is 205 g/mol. The lowest BCUT2D eigenvalue weighted by Gasteiger charge is -2.08. The zero-order chi connectivity index (χ0) is 10.7. The highest BCUT2D eigenvalue weighted by atomic mass is 16.1. The number of carbonyl (C=O) groups is 1. The number of nitrogens with one attached hydrogen (secondary N) is 1. The second-order valence-electron chi connectivity index (χ2n) is 4.41. The fraction of sp³-hybridized carbons (Fsp3) is 0.545. The normalized spacial score (nSPS) is 17.1. The molecule has 1 aromatic heterocycles. The topological polar surface area (TPSA) is 54.9 Å². The van der Waals surface area contributed by atoms with Gasteiger partial charge >= 0.3 is 0 Å². The van der Waals surface area contributed by atoms with Gasteiger partial charge in [0.1, 0.15) is 12.0 Å². The fourth-order valence-corrected chi connectivity index (χ4v) is 1.46. The van der Waals surface area contributed by atoms with Crippen molar-refractivity contribution in [1.29, 1.82) is 0 Å². The van der Waals surface area contributed by atoms with Gasteiger partial charge in [-0.05, 0) is 30.7 Å². The molecule has 0 aromatic carbocycles. The van der Waals surface area contributed by atoms with Crippen LogP contribution in [0.4, 0.5) is 0 Å². The number of carbonyl (C=O) groups excluding carboxylic acids is 1. The van der Waals surface area contributed by atoms with Crippen LogP contribution < -0.4 is 5.32 Å². The summed E-state index contributed by atoms with van der Waals surface area (Å²) in [5.41, 5.74) is 0.921. The van der Waals surface area contributed by atoms with Crippen molar-refractivity contribution in [2.45, 2.75) is 26.2 Å². The third-order valence-electron chi connectivity index (χ3n) is 2.93. The first-order valence-electron chi connectivity index (χ1n) is 5.24. The molecule has 4 nitrogen and oxygen atoms in total. The van der Waals surface area contributed by atoms with Crippen molar-refractivity contribution in [1.82, 2.24) is 15.3 Å². The Kier molecular flexibility index (Phi) is 2.66. The van der Waals surface area contributed by atoms with E-state index in [0.29, 0.717) is 11.1 Å². The predicted molar refractivity (Wildman–Crippen MR) is 56.3 cm³/mol. The van der Waals surface area contributed by atoms with Crippen LogP contribution in [-0.2, 0) is 0 Å². The van der Waals surface area contributed by atoms with Crippen LogP contribution in [0.2, 0.25) is 0 Å². The minimum atomic E-state index is -0.110. The van der Waals surface area contributed by atoms with E-state index in [-0.39, 0.29) is 5.91 Å². The van der Waals surface area contributed by atoms with Crippen molar-refractivity contribution in [3.63, 3.8) is 0 Å². The zero-order valence-corrected chi connectivity index (χ0v) is 8.86. The summed E-state index contributed by atoms with van der Waals surface area (Å²) in [6.07, 6.45) is 6.60. The number of aromatic nitrogens is 2. The van der Waals surface area contributed by atoms with Crippen LogP contribution >= 0.6 is 0 Å². The van der Waals surface area contributed by atoms with E-state index in [1.165, 1.54) is 19.2 Å². The Bertz CT molecular complexity index is 346. The lowest BCUT2D eigenvalue weighted by molar-refractivity contribution is 0.0946. The number of nitrogens with zero attached hydrogens (tertiary/aromatic N) is 2. The molecule has 1 saturated carbocycles. The molecule has 0 radical (unpaired) electrons. The number of rotatable bonds is 4. The zero-order valence-electron chi connectivity index (χ0n) is 8.86. The van der Waals surface area contributed by atoms with E-state index in [4.69, 9.17) is 0 Å². The summed E-state index contributed by atoms with van der Waals surface area (Å²) < 4.78 is 0. The minimum absolute atomic E-state index is 0.110. The van der Waals surface area contributed by atoms with Gasteiger partial charge in [-0.3, -0.25) is 4.79 Å². The Morgan fingerprint density at radius 3 is 3.00 bits per heavy atom. The van der Waals surface area contributed by atoms with Crippen molar-refractivity contribution < 1.29 is 4.79 Å². The summed E-state index contributed by atoms with van der Waals surface area (Å²) in [7, 11) is 0. The first-order valence-corrected chi connectivity index (χ1v) is 5.24. The molecule has 1 aliphatic carbocycles. The molecule has 1 aromatic rings. The summed E-state index contributed by atoms with van der Waals surface area (Å²) in [6, 6.07) is 1.62. The highest BCUT2D eigenvalue weighted by Crippen LogP contribution is 2.47. The molecule has 0 bridgehead atoms. The second-order valence-corrected chi connectivity index (χ2v) is 4.41. The molecule has 1 aliphatic rings. The van der Waals surface area contributed by atoms with Crippen molar-refractivity contribution in [2.24, 2.45) is 5.41 Å². The molecule has 1 heterocycles. The van der Waals surface area contributed by atoms with Gasteiger partial charge in [0.25, 0.3) is 5.91 Å². The Balaban J connectivity index is 1.78. The van der Waals surface area contributed by atoms with E-state index >= 15 is 0 Å². The second kappa shape index (κ2) is 3.96. The number of hydrogen-bond donors (Lipinski definition) is 1. The maximum Gasteiger partial charge on any atom is 0.270 e. The molecule has 80 valence electrons. The summed E-state index contributed by atoms with van der Waals surface area (Å²) >= 11 is 0. The summed E-state index contributed by atoms with van der Waals surface area (Å²) in [6.45, 7) is 2.99. The van der Waals surface area contributed by atoms with Crippen LogP contribution in [-0.4, -0.2) is 22.4 Å². The molecule has 15 heavy (non-hydrogen) atoms. The van der Waals surface area contributed by atoms with Crippen LogP contribution in [0.5, 0.6) is 0 Å². The maximum atomic E-state index is 11.5. The lowest BCUT2D eigenvalue weighted by atomic mass is 10.1. The van der Waals surface area contributed by atoms with Gasteiger partial charge in [-0.1, -0.05) is 6.92 Å². The SMILES string of the molecule is CC1(CCNC(=O)c2ccncn2)CC1. The van der Waals surface area contributed by atoms with E-state index in [2.05, 4.69) is 22.2 Å². The van der Waals surface area contributed by atoms with E-state index in [9.17, 15) is 4.79 Å². The van der Waals surface area contributed by atoms with Gasteiger partial charge in [0.15, 0.2) is 0 Å². The first-order chi connectivity index (χ1) is 7.20. The van der Waals surface area contributed by atoms with Gasteiger partial charge in [0.2, 0.25) is 0 Å². The molecule has 4 heteroatoms. The first kappa shape index (κ1) is 10.1. The van der Waals surface area contributed by atoms with E-state index in [0.717, 1.165) is 13.0 Å². The van der Waals surface area contributed by atoms with Crippen molar-refractivity contribution in [3.05, 3.63) is 24.3 Å². The largest absolute Gasteiger partial charge is 0.351 e.